The van der Waals surface area contributed by atoms with E-state index in [1.54, 1.807) is 0 Å². The van der Waals surface area contributed by atoms with Crippen molar-refractivity contribution < 1.29 is 17.7 Å². The predicted octanol–water partition coefficient (Wildman–Crippen LogP) is 1.01. The van der Waals surface area contributed by atoms with E-state index in [1.165, 1.54) is 0 Å². The molecule has 2 N–H and O–H groups in total. The highest BCUT2D eigenvalue weighted by atomic mass is 32.2. The van der Waals surface area contributed by atoms with Crippen LogP contribution in [-0.2, 0) is 10.0 Å². The van der Waals surface area contributed by atoms with Crippen molar-refractivity contribution >= 4 is 15.7 Å². The zero-order chi connectivity index (χ0) is 15.5. The standard InChI is InChI=1S/C12H16FN3O4S/c13-11-2-1-10(16(17)18)7-12(11)21(19,20)15-8-9-3-5-14-6-4-9/h1-2,7,9,14-15H,3-6,8H2. The van der Waals surface area contributed by atoms with Gasteiger partial charge in [0.1, 0.15) is 10.7 Å². The molecule has 1 aromatic carbocycles. The Bertz CT molecular complexity index is 629. The van der Waals surface area contributed by atoms with Crippen molar-refractivity contribution in [1.29, 1.82) is 0 Å². The minimum Gasteiger partial charge on any atom is -0.317 e. The lowest BCUT2D eigenvalue weighted by Crippen LogP contribution is -2.36. The van der Waals surface area contributed by atoms with Crippen molar-refractivity contribution in [1.82, 2.24) is 10.0 Å². The number of nitro groups is 1. The summed E-state index contributed by atoms with van der Waals surface area (Å²) in [6.07, 6.45) is 1.67. The molecule has 0 spiro atoms. The Kier molecular flexibility index (Phi) is 4.86. The van der Waals surface area contributed by atoms with Gasteiger partial charge in [-0.25, -0.2) is 17.5 Å². The van der Waals surface area contributed by atoms with Gasteiger partial charge in [0.15, 0.2) is 0 Å². The van der Waals surface area contributed by atoms with E-state index in [9.17, 15) is 22.9 Å². The molecule has 1 fully saturated rings. The van der Waals surface area contributed by atoms with Gasteiger partial charge in [-0.2, -0.15) is 0 Å². The van der Waals surface area contributed by atoms with Crippen molar-refractivity contribution in [2.75, 3.05) is 19.6 Å². The topological polar surface area (TPSA) is 101 Å². The first-order chi connectivity index (χ1) is 9.90. The number of hydrogen-bond donors (Lipinski definition) is 2. The van der Waals surface area contributed by atoms with Gasteiger partial charge in [0.25, 0.3) is 5.69 Å². The largest absolute Gasteiger partial charge is 0.317 e. The third-order valence-corrected chi connectivity index (χ3v) is 4.87. The van der Waals surface area contributed by atoms with E-state index in [1.807, 2.05) is 0 Å². The molecule has 1 aliphatic heterocycles. The Balaban J connectivity index is 2.14. The summed E-state index contributed by atoms with van der Waals surface area (Å²) in [6.45, 7) is 1.83. The minimum absolute atomic E-state index is 0.183. The van der Waals surface area contributed by atoms with Crippen LogP contribution in [0.2, 0.25) is 0 Å². The van der Waals surface area contributed by atoms with Crippen molar-refractivity contribution in [3.8, 4) is 0 Å². The molecule has 0 atom stereocenters. The molecule has 0 aromatic heterocycles. The Hall–Kier alpha value is -1.58. The number of benzene rings is 1. The van der Waals surface area contributed by atoms with Crippen LogP contribution in [0.3, 0.4) is 0 Å². The first-order valence-electron chi connectivity index (χ1n) is 6.54. The van der Waals surface area contributed by atoms with E-state index in [4.69, 9.17) is 0 Å². The van der Waals surface area contributed by atoms with E-state index in [0.29, 0.717) is 0 Å². The van der Waals surface area contributed by atoms with Crippen molar-refractivity contribution in [2.45, 2.75) is 17.7 Å². The Morgan fingerprint density at radius 3 is 2.67 bits per heavy atom. The molecule has 0 radical (unpaired) electrons. The fourth-order valence-corrected chi connectivity index (χ4v) is 3.41. The summed E-state index contributed by atoms with van der Waals surface area (Å²) >= 11 is 0. The van der Waals surface area contributed by atoms with Gasteiger partial charge in [0.05, 0.1) is 4.92 Å². The first-order valence-corrected chi connectivity index (χ1v) is 8.03. The van der Waals surface area contributed by atoms with Crippen LogP contribution in [0.5, 0.6) is 0 Å². The number of halogens is 1. The molecule has 1 heterocycles. The lowest BCUT2D eigenvalue weighted by molar-refractivity contribution is -0.385. The maximum atomic E-state index is 13.6. The van der Waals surface area contributed by atoms with Gasteiger partial charge in [-0.05, 0) is 37.9 Å². The molecule has 1 saturated heterocycles. The summed E-state index contributed by atoms with van der Waals surface area (Å²) < 4.78 is 40.1. The maximum absolute atomic E-state index is 13.6. The molecule has 9 heteroatoms. The Morgan fingerprint density at radius 1 is 1.38 bits per heavy atom. The second kappa shape index (κ2) is 6.46. The number of nitro benzene ring substituents is 1. The highest BCUT2D eigenvalue weighted by Crippen LogP contribution is 2.21. The van der Waals surface area contributed by atoms with Crippen molar-refractivity contribution in [3.05, 3.63) is 34.1 Å². The highest BCUT2D eigenvalue weighted by Gasteiger charge is 2.24. The molecule has 2 rings (SSSR count). The van der Waals surface area contributed by atoms with E-state index in [0.717, 1.165) is 44.1 Å². The van der Waals surface area contributed by atoms with Crippen LogP contribution < -0.4 is 10.0 Å². The molecule has 0 saturated carbocycles. The second-order valence-corrected chi connectivity index (χ2v) is 6.65. The number of sulfonamides is 1. The zero-order valence-corrected chi connectivity index (χ0v) is 12.0. The Morgan fingerprint density at radius 2 is 2.05 bits per heavy atom. The van der Waals surface area contributed by atoms with Gasteiger partial charge >= 0.3 is 0 Å². The van der Waals surface area contributed by atoms with Crippen LogP contribution in [0.15, 0.2) is 23.1 Å². The van der Waals surface area contributed by atoms with Gasteiger partial charge in [0.2, 0.25) is 10.0 Å². The monoisotopic (exact) mass is 317 g/mol. The lowest BCUT2D eigenvalue weighted by atomic mass is 9.99. The van der Waals surface area contributed by atoms with Crippen LogP contribution in [0.4, 0.5) is 10.1 Å². The summed E-state index contributed by atoms with van der Waals surface area (Å²) in [5, 5.41) is 13.8. The van der Waals surface area contributed by atoms with Gasteiger partial charge in [-0.1, -0.05) is 0 Å². The van der Waals surface area contributed by atoms with Gasteiger partial charge < -0.3 is 5.32 Å². The third-order valence-electron chi connectivity index (χ3n) is 3.44. The van der Waals surface area contributed by atoms with Gasteiger partial charge in [0, 0.05) is 18.7 Å². The first kappa shape index (κ1) is 15.8. The molecule has 1 aromatic rings. The summed E-state index contributed by atoms with van der Waals surface area (Å²) in [6, 6.07) is 2.46. The van der Waals surface area contributed by atoms with E-state index < -0.39 is 31.3 Å². The van der Waals surface area contributed by atoms with Crippen LogP contribution in [-0.4, -0.2) is 33.0 Å². The fourth-order valence-electron chi connectivity index (χ4n) is 2.20. The van der Waals surface area contributed by atoms with E-state index >= 15 is 0 Å². The number of nitrogens with zero attached hydrogens (tertiary/aromatic N) is 1. The number of hydrogen-bond acceptors (Lipinski definition) is 5. The van der Waals surface area contributed by atoms with Gasteiger partial charge in [-0.3, -0.25) is 10.1 Å². The SMILES string of the molecule is O=[N+]([O-])c1ccc(F)c(S(=O)(=O)NCC2CCNCC2)c1. The lowest BCUT2D eigenvalue weighted by Gasteiger charge is -2.22. The fraction of sp³-hybridized carbons (Fsp3) is 0.500. The van der Waals surface area contributed by atoms with Crippen molar-refractivity contribution in [2.24, 2.45) is 5.92 Å². The molecule has 116 valence electrons. The molecular formula is C12H16FN3O4S. The molecule has 7 nitrogen and oxygen atoms in total. The summed E-state index contributed by atoms with van der Waals surface area (Å²) in [5.41, 5.74) is -0.460. The van der Waals surface area contributed by atoms with Crippen molar-refractivity contribution in [3.63, 3.8) is 0 Å². The normalized spacial score (nSPS) is 16.8. The maximum Gasteiger partial charge on any atom is 0.270 e. The molecule has 21 heavy (non-hydrogen) atoms. The minimum atomic E-state index is -4.10. The number of non-ortho nitro benzene ring substituents is 1. The smallest absolute Gasteiger partial charge is 0.270 e. The molecule has 0 bridgehead atoms. The van der Waals surface area contributed by atoms with Crippen LogP contribution in [0, 0.1) is 21.8 Å². The van der Waals surface area contributed by atoms with Crippen LogP contribution in [0.25, 0.3) is 0 Å². The summed E-state index contributed by atoms with van der Waals surface area (Å²) in [5.74, 6) is -0.818. The third kappa shape index (κ3) is 3.96. The quantitative estimate of drug-likeness (QED) is 0.623. The molecule has 0 aliphatic carbocycles. The van der Waals surface area contributed by atoms with Gasteiger partial charge in [-0.15, -0.1) is 0 Å². The summed E-state index contributed by atoms with van der Waals surface area (Å²) in [7, 11) is -4.10. The van der Waals surface area contributed by atoms with Crippen LogP contribution in [0.1, 0.15) is 12.8 Å². The average molecular weight is 317 g/mol. The molecule has 0 unspecified atom stereocenters. The number of piperidine rings is 1. The average Bonchev–Trinajstić information content (AvgIpc) is 2.46. The second-order valence-electron chi connectivity index (χ2n) is 4.92. The number of rotatable bonds is 5. The zero-order valence-electron chi connectivity index (χ0n) is 11.2. The molecule has 0 amide bonds. The Labute approximate surface area is 121 Å². The van der Waals surface area contributed by atoms with E-state index in [2.05, 4.69) is 10.0 Å². The molecular weight excluding hydrogens is 301 g/mol. The van der Waals surface area contributed by atoms with Crippen LogP contribution >= 0.6 is 0 Å². The predicted molar refractivity (Wildman–Crippen MR) is 73.8 cm³/mol. The number of nitrogens with one attached hydrogen (secondary N) is 2. The summed E-state index contributed by atoms with van der Waals surface area (Å²) in [4.78, 5) is 9.21. The van der Waals surface area contributed by atoms with E-state index in [-0.39, 0.29) is 12.5 Å². The highest BCUT2D eigenvalue weighted by molar-refractivity contribution is 7.89. The molecule has 1 aliphatic rings.